The Morgan fingerprint density at radius 3 is 2.48 bits per heavy atom. The van der Waals surface area contributed by atoms with Gasteiger partial charge < -0.3 is 4.90 Å². The molecule has 0 aliphatic rings. The number of carbonyl (C=O) groups is 1. The van der Waals surface area contributed by atoms with Crippen LogP contribution >= 0.6 is 11.3 Å². The van der Waals surface area contributed by atoms with Crippen molar-refractivity contribution in [1.82, 2.24) is 10.5 Å². The number of aryl methyl sites for hydroxylation is 1. The van der Waals surface area contributed by atoms with Gasteiger partial charge in [-0.05, 0) is 31.0 Å². The predicted molar refractivity (Wildman–Crippen MR) is 119 cm³/mol. The van der Waals surface area contributed by atoms with E-state index in [0.717, 1.165) is 41.5 Å². The Kier molecular flexibility index (Phi) is 7.38. The second-order valence-electron chi connectivity index (χ2n) is 7.15. The zero-order valence-electron chi connectivity index (χ0n) is 16.9. The van der Waals surface area contributed by atoms with Crippen molar-refractivity contribution < 1.29 is 10.0 Å². The Morgan fingerprint density at radius 2 is 1.83 bits per heavy atom. The van der Waals surface area contributed by atoms with Crippen LogP contribution in [0.2, 0.25) is 0 Å². The van der Waals surface area contributed by atoms with Gasteiger partial charge in [-0.25, -0.2) is 10.5 Å². The fraction of sp³-hybridized carbons (Fsp3) is 0.304. The SMILES string of the molecule is CCCCCN(Cc1ccc(C(=O)NO)cc1)c1nc(-c2ccc(C)cc2)cs1. The molecule has 0 saturated carbocycles. The molecule has 0 spiro atoms. The van der Waals surface area contributed by atoms with Crippen LogP contribution in [-0.2, 0) is 6.54 Å². The van der Waals surface area contributed by atoms with Crippen LogP contribution in [0.1, 0.15) is 47.7 Å². The van der Waals surface area contributed by atoms with Crippen LogP contribution in [-0.4, -0.2) is 22.6 Å². The molecule has 0 atom stereocenters. The summed E-state index contributed by atoms with van der Waals surface area (Å²) in [4.78, 5) is 18.7. The van der Waals surface area contributed by atoms with Crippen molar-refractivity contribution in [2.75, 3.05) is 11.4 Å². The summed E-state index contributed by atoms with van der Waals surface area (Å²) < 4.78 is 0. The monoisotopic (exact) mass is 409 g/mol. The molecule has 1 aromatic heterocycles. The minimum Gasteiger partial charge on any atom is -0.344 e. The number of nitrogens with zero attached hydrogens (tertiary/aromatic N) is 2. The van der Waals surface area contributed by atoms with Crippen molar-refractivity contribution in [2.24, 2.45) is 0 Å². The van der Waals surface area contributed by atoms with E-state index in [1.54, 1.807) is 28.9 Å². The summed E-state index contributed by atoms with van der Waals surface area (Å²) in [5.74, 6) is -0.501. The predicted octanol–water partition coefficient (Wildman–Crippen LogP) is 5.43. The van der Waals surface area contributed by atoms with Crippen molar-refractivity contribution in [1.29, 1.82) is 0 Å². The lowest BCUT2D eigenvalue weighted by atomic mass is 10.1. The van der Waals surface area contributed by atoms with Gasteiger partial charge >= 0.3 is 0 Å². The van der Waals surface area contributed by atoms with Crippen LogP contribution in [0.3, 0.4) is 0 Å². The first-order valence-electron chi connectivity index (χ1n) is 9.91. The maximum atomic E-state index is 11.5. The lowest BCUT2D eigenvalue weighted by Gasteiger charge is -2.22. The number of hydrogen-bond donors (Lipinski definition) is 2. The Labute approximate surface area is 176 Å². The zero-order valence-corrected chi connectivity index (χ0v) is 17.7. The molecular formula is C23H27N3O2S. The lowest BCUT2D eigenvalue weighted by molar-refractivity contribution is 0.0706. The normalized spacial score (nSPS) is 10.7. The van der Waals surface area contributed by atoms with Gasteiger partial charge in [0.05, 0.1) is 5.69 Å². The van der Waals surface area contributed by atoms with Gasteiger partial charge in [0.2, 0.25) is 0 Å². The van der Waals surface area contributed by atoms with Crippen molar-refractivity contribution in [3.63, 3.8) is 0 Å². The van der Waals surface area contributed by atoms with Gasteiger partial charge in [0.25, 0.3) is 5.91 Å². The molecule has 0 fully saturated rings. The number of hydroxylamine groups is 1. The molecule has 1 heterocycles. The number of rotatable bonds is 9. The van der Waals surface area contributed by atoms with Gasteiger partial charge in [-0.1, -0.05) is 61.7 Å². The minimum absolute atomic E-state index is 0.435. The highest BCUT2D eigenvalue weighted by molar-refractivity contribution is 7.14. The number of nitrogens with one attached hydrogen (secondary N) is 1. The molecule has 3 aromatic rings. The van der Waals surface area contributed by atoms with E-state index < -0.39 is 5.91 Å². The summed E-state index contributed by atoms with van der Waals surface area (Å²) in [7, 11) is 0. The third-order valence-electron chi connectivity index (χ3n) is 4.83. The zero-order chi connectivity index (χ0) is 20.6. The molecule has 0 aliphatic heterocycles. The minimum atomic E-state index is -0.501. The van der Waals surface area contributed by atoms with Gasteiger partial charge in [-0.3, -0.25) is 10.0 Å². The van der Waals surface area contributed by atoms with E-state index in [-0.39, 0.29) is 0 Å². The summed E-state index contributed by atoms with van der Waals surface area (Å²) in [6, 6.07) is 15.7. The number of unbranched alkanes of at least 4 members (excludes halogenated alkanes) is 2. The molecule has 5 nitrogen and oxygen atoms in total. The second kappa shape index (κ2) is 10.2. The maximum absolute atomic E-state index is 11.5. The standard InChI is InChI=1S/C23H27N3O2S/c1-3-4-5-14-26(15-18-8-12-20(13-9-18)22(27)25-28)23-24-21(16-29-23)19-10-6-17(2)7-11-19/h6-13,16,28H,3-5,14-15H2,1-2H3,(H,25,27). The van der Waals surface area contributed by atoms with Gasteiger partial charge in [0.1, 0.15) is 0 Å². The Morgan fingerprint density at radius 1 is 1.10 bits per heavy atom. The van der Waals surface area contributed by atoms with E-state index in [0.29, 0.717) is 5.56 Å². The van der Waals surface area contributed by atoms with Gasteiger partial charge in [-0.2, -0.15) is 0 Å². The summed E-state index contributed by atoms with van der Waals surface area (Å²) >= 11 is 1.66. The number of hydrogen-bond acceptors (Lipinski definition) is 5. The highest BCUT2D eigenvalue weighted by atomic mass is 32.1. The number of thiazole rings is 1. The van der Waals surface area contributed by atoms with Gasteiger partial charge in [-0.15, -0.1) is 11.3 Å². The summed E-state index contributed by atoms with van der Waals surface area (Å²) in [5.41, 5.74) is 6.57. The third-order valence-corrected chi connectivity index (χ3v) is 5.73. The van der Waals surface area contributed by atoms with Crippen LogP contribution in [0.5, 0.6) is 0 Å². The quantitative estimate of drug-likeness (QED) is 0.281. The molecule has 0 bridgehead atoms. The van der Waals surface area contributed by atoms with Crippen LogP contribution in [0.4, 0.5) is 5.13 Å². The molecule has 0 saturated heterocycles. The fourth-order valence-corrected chi connectivity index (χ4v) is 3.97. The molecule has 152 valence electrons. The molecule has 0 radical (unpaired) electrons. The number of benzene rings is 2. The Bertz CT molecular complexity index is 920. The molecule has 0 unspecified atom stereocenters. The molecule has 0 aliphatic carbocycles. The van der Waals surface area contributed by atoms with Crippen molar-refractivity contribution in [2.45, 2.75) is 39.7 Å². The van der Waals surface area contributed by atoms with Crippen LogP contribution in [0, 0.1) is 6.92 Å². The number of carbonyl (C=O) groups excluding carboxylic acids is 1. The Hall–Kier alpha value is -2.70. The first-order valence-corrected chi connectivity index (χ1v) is 10.8. The average Bonchev–Trinajstić information content (AvgIpc) is 3.24. The van der Waals surface area contributed by atoms with Crippen molar-refractivity contribution in [3.8, 4) is 11.3 Å². The second-order valence-corrected chi connectivity index (χ2v) is 7.98. The largest absolute Gasteiger partial charge is 0.344 e. The van der Waals surface area contributed by atoms with Crippen molar-refractivity contribution in [3.05, 3.63) is 70.6 Å². The Balaban J connectivity index is 1.78. The van der Waals surface area contributed by atoms with Crippen LogP contribution in [0.15, 0.2) is 53.9 Å². The number of anilines is 1. The van der Waals surface area contributed by atoms with Crippen molar-refractivity contribution >= 4 is 22.4 Å². The van der Waals surface area contributed by atoms with E-state index in [4.69, 9.17) is 10.2 Å². The molecule has 6 heteroatoms. The summed E-state index contributed by atoms with van der Waals surface area (Å²) in [6.45, 7) is 5.95. The molecule has 2 N–H and O–H groups in total. The van der Waals surface area contributed by atoms with Gasteiger partial charge in [0, 0.05) is 29.6 Å². The third kappa shape index (κ3) is 5.65. The topological polar surface area (TPSA) is 65.5 Å². The lowest BCUT2D eigenvalue weighted by Crippen LogP contribution is -2.24. The number of aromatic nitrogens is 1. The highest BCUT2D eigenvalue weighted by Crippen LogP contribution is 2.29. The summed E-state index contributed by atoms with van der Waals surface area (Å²) in [6.07, 6.45) is 3.47. The van der Waals surface area contributed by atoms with E-state index >= 15 is 0 Å². The molecule has 1 amide bonds. The van der Waals surface area contributed by atoms with E-state index in [2.05, 4.69) is 48.4 Å². The van der Waals surface area contributed by atoms with Crippen LogP contribution < -0.4 is 10.4 Å². The molecule has 29 heavy (non-hydrogen) atoms. The molecule has 3 rings (SSSR count). The average molecular weight is 410 g/mol. The van der Waals surface area contributed by atoms with E-state index in [1.165, 1.54) is 18.4 Å². The first kappa shape index (κ1) is 21.0. The first-order chi connectivity index (χ1) is 14.1. The highest BCUT2D eigenvalue weighted by Gasteiger charge is 2.13. The fourth-order valence-electron chi connectivity index (χ4n) is 3.11. The van der Waals surface area contributed by atoms with Gasteiger partial charge in [0.15, 0.2) is 5.13 Å². The van der Waals surface area contributed by atoms with E-state index in [9.17, 15) is 4.79 Å². The maximum Gasteiger partial charge on any atom is 0.274 e. The van der Waals surface area contributed by atoms with E-state index in [1.807, 2.05) is 12.1 Å². The summed E-state index contributed by atoms with van der Waals surface area (Å²) in [5, 5.41) is 11.9. The smallest absolute Gasteiger partial charge is 0.274 e. The molecular weight excluding hydrogens is 382 g/mol. The van der Waals surface area contributed by atoms with Crippen LogP contribution in [0.25, 0.3) is 11.3 Å². The molecule has 2 aromatic carbocycles. The number of amides is 1.